The van der Waals surface area contributed by atoms with Crippen LogP contribution < -0.4 is 5.73 Å². The highest BCUT2D eigenvalue weighted by Gasteiger charge is 2.35. The van der Waals surface area contributed by atoms with E-state index in [4.69, 9.17) is 17.3 Å². The zero-order valence-corrected chi connectivity index (χ0v) is 12.4. The molecular formula is C16H21ClN2O. The molecule has 0 aromatic heterocycles. The van der Waals surface area contributed by atoms with E-state index in [1.807, 2.05) is 29.2 Å². The molecule has 2 aliphatic rings. The number of nitrogens with two attached hydrogens (primary N) is 1. The summed E-state index contributed by atoms with van der Waals surface area (Å²) in [4.78, 5) is 14.5. The molecule has 108 valence electrons. The fourth-order valence-corrected chi connectivity index (χ4v) is 2.73. The van der Waals surface area contributed by atoms with Gasteiger partial charge in [0.05, 0.1) is 0 Å². The number of hydrogen-bond acceptors (Lipinski definition) is 2. The fourth-order valence-electron chi connectivity index (χ4n) is 2.60. The third-order valence-corrected chi connectivity index (χ3v) is 4.46. The monoisotopic (exact) mass is 292 g/mol. The molecule has 1 atom stereocenters. The van der Waals surface area contributed by atoms with Crippen molar-refractivity contribution in [1.29, 1.82) is 0 Å². The lowest BCUT2D eigenvalue weighted by atomic mass is 10.1. The maximum Gasteiger partial charge on any atom is 0.224 e. The number of rotatable bonds is 6. The third-order valence-electron chi connectivity index (χ3n) is 4.21. The van der Waals surface area contributed by atoms with Gasteiger partial charge in [0.2, 0.25) is 5.91 Å². The van der Waals surface area contributed by atoms with Crippen LogP contribution in [0.25, 0.3) is 0 Å². The Kier molecular flexibility index (Phi) is 3.99. The lowest BCUT2D eigenvalue weighted by Gasteiger charge is -2.24. The summed E-state index contributed by atoms with van der Waals surface area (Å²) < 4.78 is 0. The first-order valence-electron chi connectivity index (χ1n) is 7.43. The SMILES string of the molecule is NC(CC(=O)N(Cc1ccc(Cl)cc1)C1CC1)C1CC1. The van der Waals surface area contributed by atoms with E-state index in [1.165, 1.54) is 12.8 Å². The van der Waals surface area contributed by atoms with E-state index in [2.05, 4.69) is 0 Å². The summed E-state index contributed by atoms with van der Waals surface area (Å²) in [7, 11) is 0. The van der Waals surface area contributed by atoms with E-state index >= 15 is 0 Å². The molecule has 2 aliphatic carbocycles. The normalized spacial score (nSPS) is 19.7. The standard InChI is InChI=1S/C16H21ClN2O/c17-13-5-1-11(2-6-13)10-19(14-7-8-14)16(20)9-15(18)12-3-4-12/h1-2,5-6,12,14-15H,3-4,7-10,18H2. The van der Waals surface area contributed by atoms with Crippen LogP contribution in [-0.4, -0.2) is 22.9 Å². The van der Waals surface area contributed by atoms with Crippen LogP contribution in [0.2, 0.25) is 5.02 Å². The first kappa shape index (κ1) is 13.9. The van der Waals surface area contributed by atoms with Crippen molar-refractivity contribution in [1.82, 2.24) is 4.90 Å². The molecule has 0 heterocycles. The predicted octanol–water partition coefficient (Wildman–Crippen LogP) is 2.96. The summed E-state index contributed by atoms with van der Waals surface area (Å²) >= 11 is 5.90. The number of benzene rings is 1. The van der Waals surface area contributed by atoms with Crippen LogP contribution in [0.5, 0.6) is 0 Å². The molecule has 2 N–H and O–H groups in total. The van der Waals surface area contributed by atoms with Gasteiger partial charge in [0.25, 0.3) is 0 Å². The largest absolute Gasteiger partial charge is 0.335 e. The molecule has 3 nitrogen and oxygen atoms in total. The van der Waals surface area contributed by atoms with Crippen LogP contribution in [0.4, 0.5) is 0 Å². The Morgan fingerprint density at radius 2 is 1.90 bits per heavy atom. The molecule has 20 heavy (non-hydrogen) atoms. The topological polar surface area (TPSA) is 46.3 Å². The second-order valence-corrected chi connectivity index (χ2v) is 6.52. The van der Waals surface area contributed by atoms with Crippen molar-refractivity contribution < 1.29 is 4.79 Å². The Balaban J connectivity index is 1.62. The molecule has 1 aromatic carbocycles. The number of halogens is 1. The zero-order valence-electron chi connectivity index (χ0n) is 11.6. The summed E-state index contributed by atoms with van der Waals surface area (Å²) in [6, 6.07) is 8.21. The molecule has 1 unspecified atom stereocenters. The van der Waals surface area contributed by atoms with Crippen LogP contribution in [0.15, 0.2) is 24.3 Å². The van der Waals surface area contributed by atoms with Crippen molar-refractivity contribution >= 4 is 17.5 Å². The molecule has 0 spiro atoms. The second-order valence-electron chi connectivity index (χ2n) is 6.08. The van der Waals surface area contributed by atoms with E-state index in [-0.39, 0.29) is 11.9 Å². The highest BCUT2D eigenvalue weighted by atomic mass is 35.5. The number of nitrogens with zero attached hydrogens (tertiary/aromatic N) is 1. The molecule has 4 heteroatoms. The van der Waals surface area contributed by atoms with Gasteiger partial charge in [0.1, 0.15) is 0 Å². The molecule has 2 fully saturated rings. The first-order chi connectivity index (χ1) is 9.63. The lowest BCUT2D eigenvalue weighted by molar-refractivity contribution is -0.132. The zero-order chi connectivity index (χ0) is 14.1. The number of hydrogen-bond donors (Lipinski definition) is 1. The number of carbonyl (C=O) groups excluding carboxylic acids is 1. The van der Waals surface area contributed by atoms with Crippen molar-refractivity contribution in [2.24, 2.45) is 11.7 Å². The molecule has 1 aromatic rings. The molecular weight excluding hydrogens is 272 g/mol. The minimum atomic E-state index is 0.0500. The fraction of sp³-hybridized carbons (Fsp3) is 0.562. The first-order valence-corrected chi connectivity index (χ1v) is 7.81. The summed E-state index contributed by atoms with van der Waals surface area (Å²) in [5.74, 6) is 0.789. The van der Waals surface area contributed by atoms with Crippen molar-refractivity contribution in [2.45, 2.75) is 50.7 Å². The van der Waals surface area contributed by atoms with Gasteiger partial charge in [-0.25, -0.2) is 0 Å². The van der Waals surface area contributed by atoms with Gasteiger partial charge in [-0.1, -0.05) is 23.7 Å². The van der Waals surface area contributed by atoms with Crippen molar-refractivity contribution in [3.05, 3.63) is 34.9 Å². The van der Waals surface area contributed by atoms with Crippen molar-refractivity contribution in [2.75, 3.05) is 0 Å². The van der Waals surface area contributed by atoms with Gasteiger partial charge >= 0.3 is 0 Å². The highest BCUT2D eigenvalue weighted by molar-refractivity contribution is 6.30. The van der Waals surface area contributed by atoms with Crippen LogP contribution in [0.1, 0.15) is 37.7 Å². The minimum absolute atomic E-state index is 0.0500. The molecule has 0 aliphatic heterocycles. The van der Waals surface area contributed by atoms with Crippen molar-refractivity contribution in [3.8, 4) is 0 Å². The van der Waals surface area contributed by atoms with Gasteiger partial charge in [0.15, 0.2) is 0 Å². The van der Waals surface area contributed by atoms with Gasteiger partial charge in [-0.3, -0.25) is 4.79 Å². The predicted molar refractivity (Wildman–Crippen MR) is 80.3 cm³/mol. The van der Waals surface area contributed by atoms with E-state index in [0.29, 0.717) is 24.9 Å². The van der Waals surface area contributed by atoms with Crippen molar-refractivity contribution in [3.63, 3.8) is 0 Å². The van der Waals surface area contributed by atoms with Gasteiger partial charge in [-0.2, -0.15) is 0 Å². The molecule has 0 saturated heterocycles. The van der Waals surface area contributed by atoms with Crippen LogP contribution in [-0.2, 0) is 11.3 Å². The summed E-state index contributed by atoms with van der Waals surface area (Å²) in [5, 5.41) is 0.730. The Morgan fingerprint density at radius 1 is 1.25 bits per heavy atom. The summed E-state index contributed by atoms with van der Waals surface area (Å²) in [6.45, 7) is 0.679. The molecule has 2 saturated carbocycles. The van der Waals surface area contributed by atoms with Crippen LogP contribution in [0.3, 0.4) is 0 Å². The molecule has 3 rings (SSSR count). The quantitative estimate of drug-likeness (QED) is 0.876. The van der Waals surface area contributed by atoms with Gasteiger partial charge in [0, 0.05) is 30.1 Å². The smallest absolute Gasteiger partial charge is 0.224 e. The Bertz CT molecular complexity index is 480. The average molecular weight is 293 g/mol. The van der Waals surface area contributed by atoms with Gasteiger partial charge < -0.3 is 10.6 Å². The van der Waals surface area contributed by atoms with Crippen LogP contribution in [0, 0.1) is 5.92 Å². The third kappa shape index (κ3) is 3.53. The van der Waals surface area contributed by atoms with Crippen LogP contribution >= 0.6 is 11.6 Å². The average Bonchev–Trinajstić information content (AvgIpc) is 3.29. The number of carbonyl (C=O) groups is 1. The lowest BCUT2D eigenvalue weighted by Crippen LogP contribution is -2.37. The highest BCUT2D eigenvalue weighted by Crippen LogP contribution is 2.34. The minimum Gasteiger partial charge on any atom is -0.335 e. The maximum atomic E-state index is 12.5. The van der Waals surface area contributed by atoms with E-state index in [9.17, 15) is 4.79 Å². The summed E-state index contributed by atoms with van der Waals surface area (Å²) in [5.41, 5.74) is 7.22. The Hall–Kier alpha value is -1.06. The maximum absolute atomic E-state index is 12.5. The van der Waals surface area contributed by atoms with Gasteiger partial charge in [-0.15, -0.1) is 0 Å². The molecule has 0 radical (unpaired) electrons. The Morgan fingerprint density at radius 3 is 2.45 bits per heavy atom. The second kappa shape index (κ2) is 5.74. The molecule has 0 bridgehead atoms. The Labute approximate surface area is 125 Å². The van der Waals surface area contributed by atoms with E-state index < -0.39 is 0 Å². The van der Waals surface area contributed by atoms with Gasteiger partial charge in [-0.05, 0) is 49.3 Å². The van der Waals surface area contributed by atoms with E-state index in [1.54, 1.807) is 0 Å². The molecule has 1 amide bonds. The number of amides is 1. The van der Waals surface area contributed by atoms with E-state index in [0.717, 1.165) is 23.4 Å². The summed E-state index contributed by atoms with van der Waals surface area (Å²) in [6.07, 6.45) is 5.12.